The van der Waals surface area contributed by atoms with Crippen molar-refractivity contribution < 1.29 is 9.84 Å². The van der Waals surface area contributed by atoms with E-state index in [0.717, 1.165) is 49.5 Å². The molecule has 1 fully saturated rings. The summed E-state index contributed by atoms with van der Waals surface area (Å²) in [5, 5.41) is 12.3. The number of hydrogen-bond acceptors (Lipinski definition) is 3. The van der Waals surface area contributed by atoms with Gasteiger partial charge >= 0.3 is 0 Å². The van der Waals surface area contributed by atoms with Crippen LogP contribution >= 0.6 is 0 Å². The van der Waals surface area contributed by atoms with Crippen LogP contribution in [-0.2, 0) is 10.3 Å². The number of nitrogens with zero attached hydrogens (tertiary/aromatic N) is 1. The molecule has 3 heteroatoms. The third kappa shape index (κ3) is 3.88. The highest BCUT2D eigenvalue weighted by molar-refractivity contribution is 5.42. The minimum atomic E-state index is -1.12. The van der Waals surface area contributed by atoms with Crippen LogP contribution < -0.4 is 0 Å². The highest BCUT2D eigenvalue weighted by Crippen LogP contribution is 2.43. The molecule has 1 aliphatic heterocycles. The van der Waals surface area contributed by atoms with E-state index in [1.54, 1.807) is 0 Å². The van der Waals surface area contributed by atoms with Crippen LogP contribution in [0.3, 0.4) is 0 Å². The molecule has 3 aromatic carbocycles. The van der Waals surface area contributed by atoms with E-state index in [1.165, 1.54) is 0 Å². The molecule has 0 bridgehead atoms. The van der Waals surface area contributed by atoms with Gasteiger partial charge in [-0.3, -0.25) is 4.90 Å². The molecule has 1 aliphatic rings. The maximum Gasteiger partial charge on any atom is 0.123 e. The van der Waals surface area contributed by atoms with Gasteiger partial charge in [-0.25, -0.2) is 0 Å². The lowest BCUT2D eigenvalue weighted by atomic mass is 9.72. The van der Waals surface area contributed by atoms with Gasteiger partial charge in [-0.05, 0) is 16.7 Å². The summed E-state index contributed by atoms with van der Waals surface area (Å²) in [6, 6.07) is 30.5. The first-order valence-corrected chi connectivity index (χ1v) is 9.97. The van der Waals surface area contributed by atoms with E-state index in [9.17, 15) is 5.11 Å². The van der Waals surface area contributed by atoms with E-state index in [4.69, 9.17) is 4.74 Å². The van der Waals surface area contributed by atoms with Crippen LogP contribution in [0.5, 0.6) is 0 Å². The average molecular weight is 373 g/mol. The number of rotatable bonds is 6. The second-order valence-electron chi connectivity index (χ2n) is 7.37. The Hall–Kier alpha value is -2.46. The predicted molar refractivity (Wildman–Crippen MR) is 112 cm³/mol. The monoisotopic (exact) mass is 373 g/mol. The van der Waals surface area contributed by atoms with Crippen molar-refractivity contribution in [1.29, 1.82) is 0 Å². The molecule has 0 spiro atoms. The maximum absolute atomic E-state index is 12.3. The SMILES string of the molecule is OC(c1ccccc1)(c1ccccc1)C(CN1CCOCC1)c1ccccc1. The Labute approximate surface area is 167 Å². The quantitative estimate of drug-likeness (QED) is 0.708. The Morgan fingerprint density at radius 2 is 1.21 bits per heavy atom. The number of morpholine rings is 1. The van der Waals surface area contributed by atoms with E-state index >= 15 is 0 Å². The van der Waals surface area contributed by atoms with Gasteiger partial charge in [0.05, 0.1) is 13.2 Å². The van der Waals surface area contributed by atoms with Crippen LogP contribution in [0.25, 0.3) is 0 Å². The predicted octanol–water partition coefficient (Wildman–Crippen LogP) is 4.04. The third-order valence-electron chi connectivity index (χ3n) is 5.68. The van der Waals surface area contributed by atoms with Crippen molar-refractivity contribution in [3.05, 3.63) is 108 Å². The van der Waals surface area contributed by atoms with Gasteiger partial charge in [-0.2, -0.15) is 0 Å². The van der Waals surface area contributed by atoms with Crippen molar-refractivity contribution in [2.24, 2.45) is 0 Å². The number of hydrogen-bond donors (Lipinski definition) is 1. The molecule has 3 nitrogen and oxygen atoms in total. The first-order valence-electron chi connectivity index (χ1n) is 9.97. The molecule has 0 aromatic heterocycles. The van der Waals surface area contributed by atoms with Crippen LogP contribution in [0, 0.1) is 0 Å². The normalized spacial score (nSPS) is 16.6. The molecular formula is C25H27NO2. The van der Waals surface area contributed by atoms with Crippen molar-refractivity contribution in [3.8, 4) is 0 Å². The zero-order valence-corrected chi connectivity index (χ0v) is 16.1. The summed E-state index contributed by atoms with van der Waals surface area (Å²) >= 11 is 0. The Balaban J connectivity index is 1.83. The summed E-state index contributed by atoms with van der Waals surface area (Å²) in [4.78, 5) is 2.40. The molecular weight excluding hydrogens is 346 g/mol. The minimum Gasteiger partial charge on any atom is -0.380 e. The first-order chi connectivity index (χ1) is 13.8. The molecule has 1 saturated heterocycles. The van der Waals surface area contributed by atoms with Crippen LogP contribution in [0.15, 0.2) is 91.0 Å². The number of aliphatic hydroxyl groups is 1. The van der Waals surface area contributed by atoms with Gasteiger partial charge in [0.15, 0.2) is 0 Å². The molecule has 4 rings (SSSR count). The fourth-order valence-corrected chi connectivity index (χ4v) is 4.16. The van der Waals surface area contributed by atoms with Crippen molar-refractivity contribution in [3.63, 3.8) is 0 Å². The molecule has 1 atom stereocenters. The second-order valence-corrected chi connectivity index (χ2v) is 7.37. The van der Waals surface area contributed by atoms with E-state index < -0.39 is 5.60 Å². The lowest BCUT2D eigenvalue weighted by Gasteiger charge is -2.41. The van der Waals surface area contributed by atoms with E-state index in [-0.39, 0.29) is 5.92 Å². The van der Waals surface area contributed by atoms with E-state index in [0.29, 0.717) is 0 Å². The standard InChI is InChI=1S/C25H27NO2/c27-25(22-12-6-2-7-13-22,23-14-8-3-9-15-23)24(21-10-4-1-5-11-21)20-26-16-18-28-19-17-26/h1-15,24,27H,16-20H2. The van der Waals surface area contributed by atoms with E-state index in [1.807, 2.05) is 66.7 Å². The Kier molecular flexibility index (Phi) is 5.87. The second kappa shape index (κ2) is 8.70. The van der Waals surface area contributed by atoms with Gasteiger partial charge < -0.3 is 9.84 Å². The topological polar surface area (TPSA) is 32.7 Å². The Bertz CT molecular complexity index is 806. The van der Waals surface area contributed by atoms with Gasteiger partial charge in [-0.1, -0.05) is 91.0 Å². The van der Waals surface area contributed by atoms with Crippen molar-refractivity contribution in [2.75, 3.05) is 32.8 Å². The van der Waals surface area contributed by atoms with Gasteiger partial charge in [0.2, 0.25) is 0 Å². The van der Waals surface area contributed by atoms with Crippen molar-refractivity contribution in [1.82, 2.24) is 4.90 Å². The molecule has 1 N–H and O–H groups in total. The molecule has 1 unspecified atom stereocenters. The van der Waals surface area contributed by atoms with Crippen LogP contribution in [0.2, 0.25) is 0 Å². The Morgan fingerprint density at radius 1 is 0.750 bits per heavy atom. The van der Waals surface area contributed by atoms with Crippen LogP contribution in [-0.4, -0.2) is 42.9 Å². The first kappa shape index (κ1) is 18.9. The zero-order valence-electron chi connectivity index (χ0n) is 16.1. The lowest BCUT2D eigenvalue weighted by molar-refractivity contribution is 0.000768. The summed E-state index contributed by atoms with van der Waals surface area (Å²) in [5.41, 5.74) is 1.86. The zero-order chi connectivity index (χ0) is 19.2. The smallest absolute Gasteiger partial charge is 0.123 e. The van der Waals surface area contributed by atoms with Gasteiger partial charge in [0, 0.05) is 25.6 Å². The summed E-state index contributed by atoms with van der Waals surface area (Å²) in [6.07, 6.45) is 0. The molecule has 0 amide bonds. The van der Waals surface area contributed by atoms with E-state index in [2.05, 4.69) is 29.2 Å². The molecule has 1 heterocycles. The molecule has 3 aromatic rings. The molecule has 0 saturated carbocycles. The van der Waals surface area contributed by atoms with Crippen molar-refractivity contribution >= 4 is 0 Å². The van der Waals surface area contributed by atoms with Crippen LogP contribution in [0.4, 0.5) is 0 Å². The third-order valence-corrected chi connectivity index (χ3v) is 5.68. The maximum atomic E-state index is 12.3. The van der Waals surface area contributed by atoms with Crippen LogP contribution in [0.1, 0.15) is 22.6 Å². The van der Waals surface area contributed by atoms with Crippen molar-refractivity contribution in [2.45, 2.75) is 11.5 Å². The average Bonchev–Trinajstić information content (AvgIpc) is 2.79. The van der Waals surface area contributed by atoms with Gasteiger partial charge in [-0.15, -0.1) is 0 Å². The fourth-order valence-electron chi connectivity index (χ4n) is 4.16. The number of ether oxygens (including phenoxy) is 1. The van der Waals surface area contributed by atoms with Gasteiger partial charge in [0.1, 0.15) is 5.60 Å². The summed E-state index contributed by atoms with van der Waals surface area (Å²) in [7, 11) is 0. The molecule has 0 aliphatic carbocycles. The molecule has 0 radical (unpaired) electrons. The fraction of sp³-hybridized carbons (Fsp3) is 0.280. The lowest BCUT2D eigenvalue weighted by Crippen LogP contribution is -2.45. The summed E-state index contributed by atoms with van der Waals surface area (Å²) in [6.45, 7) is 4.05. The summed E-state index contributed by atoms with van der Waals surface area (Å²) < 4.78 is 5.54. The Morgan fingerprint density at radius 3 is 1.71 bits per heavy atom. The highest BCUT2D eigenvalue weighted by atomic mass is 16.5. The van der Waals surface area contributed by atoms with Gasteiger partial charge in [0.25, 0.3) is 0 Å². The number of benzene rings is 3. The molecule has 28 heavy (non-hydrogen) atoms. The molecule has 144 valence electrons. The minimum absolute atomic E-state index is 0.100. The largest absolute Gasteiger partial charge is 0.380 e. The highest BCUT2D eigenvalue weighted by Gasteiger charge is 2.42. The summed E-state index contributed by atoms with van der Waals surface area (Å²) in [5.74, 6) is -0.100.